The van der Waals surface area contributed by atoms with Crippen molar-refractivity contribution in [1.82, 2.24) is 15.3 Å². The van der Waals surface area contributed by atoms with Gasteiger partial charge in [-0.05, 0) is 37.7 Å². The third-order valence-electron chi connectivity index (χ3n) is 3.01. The first-order chi connectivity index (χ1) is 9.43. The monoisotopic (exact) mass is 281 g/mol. The van der Waals surface area contributed by atoms with E-state index in [0.29, 0.717) is 0 Å². The van der Waals surface area contributed by atoms with E-state index in [0.717, 1.165) is 23.5 Å². The molecule has 0 bridgehead atoms. The van der Waals surface area contributed by atoms with E-state index in [1.165, 1.54) is 6.20 Å². The number of rotatable bonds is 3. The van der Waals surface area contributed by atoms with Crippen LogP contribution in [0.1, 0.15) is 28.4 Å². The highest BCUT2D eigenvalue weighted by atomic mass is 19.4. The summed E-state index contributed by atoms with van der Waals surface area (Å²) in [5.74, 6) is 0. The van der Waals surface area contributed by atoms with Crippen molar-refractivity contribution < 1.29 is 13.2 Å². The summed E-state index contributed by atoms with van der Waals surface area (Å²) in [4.78, 5) is 7.88. The zero-order chi connectivity index (χ0) is 14.8. The summed E-state index contributed by atoms with van der Waals surface area (Å²) in [6.07, 6.45) is -0.426. The van der Waals surface area contributed by atoms with Crippen molar-refractivity contribution in [3.05, 3.63) is 59.2 Å². The summed E-state index contributed by atoms with van der Waals surface area (Å²) in [7, 11) is 1.62. The normalized spacial score (nSPS) is 13.2. The van der Waals surface area contributed by atoms with Crippen molar-refractivity contribution in [2.75, 3.05) is 7.05 Å². The molecule has 0 amide bonds. The average Bonchev–Trinajstić information content (AvgIpc) is 2.39. The van der Waals surface area contributed by atoms with E-state index in [1.807, 2.05) is 0 Å². The lowest BCUT2D eigenvalue weighted by Gasteiger charge is -2.21. The van der Waals surface area contributed by atoms with Gasteiger partial charge in [0.05, 0.1) is 11.6 Å². The second kappa shape index (κ2) is 5.58. The van der Waals surface area contributed by atoms with Crippen LogP contribution in [0.2, 0.25) is 0 Å². The van der Waals surface area contributed by atoms with E-state index in [4.69, 9.17) is 0 Å². The van der Waals surface area contributed by atoms with Crippen LogP contribution in [-0.4, -0.2) is 17.0 Å². The molecule has 0 spiro atoms. The Morgan fingerprint density at radius 2 is 1.95 bits per heavy atom. The number of alkyl halides is 3. The predicted octanol–water partition coefficient (Wildman–Crippen LogP) is 3.11. The van der Waals surface area contributed by atoms with Crippen LogP contribution in [0.4, 0.5) is 13.2 Å². The Morgan fingerprint density at radius 1 is 1.20 bits per heavy atom. The number of nitrogens with one attached hydrogen (secondary N) is 1. The first-order valence-electron chi connectivity index (χ1n) is 6.04. The quantitative estimate of drug-likeness (QED) is 0.939. The number of hydrogen-bond acceptors (Lipinski definition) is 3. The molecule has 3 nitrogen and oxygen atoms in total. The first-order valence-corrected chi connectivity index (χ1v) is 6.04. The van der Waals surface area contributed by atoms with E-state index in [2.05, 4.69) is 15.3 Å². The summed E-state index contributed by atoms with van der Waals surface area (Å²) in [5, 5.41) is 2.91. The number of hydrogen-bond donors (Lipinski definition) is 1. The zero-order valence-electron chi connectivity index (χ0n) is 11.1. The first kappa shape index (κ1) is 14.5. The van der Waals surface area contributed by atoms with Crippen molar-refractivity contribution in [3.8, 4) is 0 Å². The molecule has 2 heterocycles. The molecule has 2 aromatic rings. The van der Waals surface area contributed by atoms with Crippen molar-refractivity contribution in [3.63, 3.8) is 0 Å². The lowest BCUT2D eigenvalue weighted by molar-refractivity contribution is -0.138. The Balaban J connectivity index is 2.53. The van der Waals surface area contributed by atoms with Gasteiger partial charge in [-0.15, -0.1) is 0 Å². The Hall–Kier alpha value is -1.95. The standard InChI is InChI=1S/C14H14F3N3/c1-9-7-10(3-6-20-9)13(18-2)11-8-19-5-4-12(11)14(15,16)17/h3-8,13,18H,1-2H3. The maximum Gasteiger partial charge on any atom is 0.416 e. The van der Waals surface area contributed by atoms with Crippen molar-refractivity contribution in [2.45, 2.75) is 19.1 Å². The molecule has 0 fully saturated rings. The van der Waals surface area contributed by atoms with Crippen LogP contribution in [0.15, 0.2) is 36.8 Å². The molecule has 1 atom stereocenters. The van der Waals surface area contributed by atoms with Crippen LogP contribution in [0.3, 0.4) is 0 Å². The van der Waals surface area contributed by atoms with Crippen LogP contribution in [-0.2, 0) is 6.18 Å². The van der Waals surface area contributed by atoms with Gasteiger partial charge in [0, 0.05) is 29.8 Å². The fraction of sp³-hybridized carbons (Fsp3) is 0.286. The van der Waals surface area contributed by atoms with Crippen LogP contribution in [0.25, 0.3) is 0 Å². The molecular weight excluding hydrogens is 267 g/mol. The van der Waals surface area contributed by atoms with Crippen molar-refractivity contribution in [2.24, 2.45) is 0 Å². The molecule has 2 rings (SSSR count). The molecule has 2 aromatic heterocycles. The van der Waals surface area contributed by atoms with Gasteiger partial charge < -0.3 is 5.32 Å². The maximum atomic E-state index is 13.1. The Labute approximate surface area is 114 Å². The number of nitrogens with zero attached hydrogens (tertiary/aromatic N) is 2. The highest BCUT2D eigenvalue weighted by molar-refractivity contribution is 5.37. The summed E-state index contributed by atoms with van der Waals surface area (Å²) in [5.41, 5.74) is 0.896. The Kier molecular flexibility index (Phi) is 4.04. The van der Waals surface area contributed by atoms with Gasteiger partial charge in [-0.25, -0.2) is 0 Å². The van der Waals surface area contributed by atoms with Gasteiger partial charge >= 0.3 is 6.18 Å². The lowest BCUT2D eigenvalue weighted by atomic mass is 9.96. The van der Waals surface area contributed by atoms with Crippen LogP contribution < -0.4 is 5.32 Å². The summed E-state index contributed by atoms with van der Waals surface area (Å²) in [6, 6.07) is 3.87. The molecular formula is C14H14F3N3. The fourth-order valence-corrected chi connectivity index (χ4v) is 2.14. The van der Waals surface area contributed by atoms with Gasteiger partial charge in [0.1, 0.15) is 0 Å². The number of halogens is 3. The summed E-state index contributed by atoms with van der Waals surface area (Å²) < 4.78 is 39.2. The van der Waals surface area contributed by atoms with Crippen molar-refractivity contribution in [1.29, 1.82) is 0 Å². The van der Waals surface area contributed by atoms with Gasteiger partial charge in [-0.3, -0.25) is 9.97 Å². The van der Waals surface area contributed by atoms with Crippen molar-refractivity contribution >= 4 is 0 Å². The molecule has 0 radical (unpaired) electrons. The molecule has 0 saturated carbocycles. The number of pyridine rings is 2. The molecule has 0 aromatic carbocycles. The molecule has 0 aliphatic rings. The minimum atomic E-state index is -4.41. The third kappa shape index (κ3) is 2.96. The van der Waals surface area contributed by atoms with Gasteiger partial charge in [0.25, 0.3) is 0 Å². The van der Waals surface area contributed by atoms with E-state index in [9.17, 15) is 13.2 Å². The SMILES string of the molecule is CNC(c1ccnc(C)c1)c1cnccc1C(F)(F)F. The number of aromatic nitrogens is 2. The largest absolute Gasteiger partial charge is 0.416 e. The molecule has 6 heteroatoms. The molecule has 1 N–H and O–H groups in total. The molecule has 0 saturated heterocycles. The summed E-state index contributed by atoms with van der Waals surface area (Å²) in [6.45, 7) is 1.80. The van der Waals surface area contributed by atoms with Gasteiger partial charge in [0.2, 0.25) is 0 Å². The highest BCUT2D eigenvalue weighted by Gasteiger charge is 2.35. The van der Waals surface area contributed by atoms with E-state index < -0.39 is 17.8 Å². The highest BCUT2D eigenvalue weighted by Crippen LogP contribution is 2.35. The molecule has 20 heavy (non-hydrogen) atoms. The minimum Gasteiger partial charge on any atom is -0.309 e. The number of aryl methyl sites for hydroxylation is 1. The van der Waals surface area contributed by atoms with Gasteiger partial charge in [-0.2, -0.15) is 13.2 Å². The average molecular weight is 281 g/mol. The lowest BCUT2D eigenvalue weighted by Crippen LogP contribution is -2.22. The smallest absolute Gasteiger partial charge is 0.309 e. The van der Waals surface area contributed by atoms with Crippen LogP contribution in [0, 0.1) is 6.92 Å². The predicted molar refractivity (Wildman–Crippen MR) is 69.1 cm³/mol. The topological polar surface area (TPSA) is 37.8 Å². The summed E-state index contributed by atoms with van der Waals surface area (Å²) >= 11 is 0. The molecule has 106 valence electrons. The second-order valence-electron chi connectivity index (χ2n) is 4.41. The molecule has 0 aliphatic heterocycles. The molecule has 1 unspecified atom stereocenters. The van der Waals surface area contributed by atoms with Crippen LogP contribution in [0.5, 0.6) is 0 Å². The zero-order valence-corrected chi connectivity index (χ0v) is 11.1. The van der Waals surface area contributed by atoms with Gasteiger partial charge in [0.15, 0.2) is 0 Å². The minimum absolute atomic E-state index is 0.105. The van der Waals surface area contributed by atoms with E-state index in [1.54, 1.807) is 32.3 Å². The second-order valence-corrected chi connectivity index (χ2v) is 4.41. The maximum absolute atomic E-state index is 13.1. The Bertz CT molecular complexity index is 596. The Morgan fingerprint density at radius 3 is 2.55 bits per heavy atom. The van der Waals surface area contributed by atoms with E-state index in [-0.39, 0.29) is 5.56 Å². The third-order valence-corrected chi connectivity index (χ3v) is 3.01. The van der Waals surface area contributed by atoms with Crippen LogP contribution >= 0.6 is 0 Å². The van der Waals surface area contributed by atoms with Gasteiger partial charge in [-0.1, -0.05) is 0 Å². The molecule has 0 aliphatic carbocycles. The fourth-order valence-electron chi connectivity index (χ4n) is 2.14. The van der Waals surface area contributed by atoms with E-state index >= 15 is 0 Å².